The summed E-state index contributed by atoms with van der Waals surface area (Å²) in [5.41, 5.74) is 0.495. The number of rotatable bonds is 2. The average molecular weight is 278 g/mol. The molecule has 1 rings (SSSR count). The van der Waals surface area contributed by atoms with Gasteiger partial charge in [0.1, 0.15) is 5.15 Å². The van der Waals surface area contributed by atoms with E-state index in [4.69, 9.17) is 11.6 Å². The summed E-state index contributed by atoms with van der Waals surface area (Å²) < 4.78 is 0.621. The van der Waals surface area contributed by atoms with Crippen LogP contribution in [-0.2, 0) is 0 Å². The fourth-order valence-corrected chi connectivity index (χ4v) is 1.34. The molecule has 0 unspecified atom stereocenters. The van der Waals surface area contributed by atoms with Gasteiger partial charge in [-0.1, -0.05) is 11.6 Å². The van der Waals surface area contributed by atoms with E-state index in [1.807, 2.05) is 13.8 Å². The molecule has 0 saturated carbocycles. The smallest absolute Gasteiger partial charge is 0.253 e. The molecule has 0 radical (unpaired) electrons. The molecular weight excluding hydrogens is 267 g/mol. The van der Waals surface area contributed by atoms with Crippen LogP contribution in [-0.4, -0.2) is 16.9 Å². The SMILES string of the molecule is CC(C)NC(=O)c1cnc(Cl)c(Br)c1. The minimum absolute atomic E-state index is 0.108. The van der Waals surface area contributed by atoms with Crippen LogP contribution in [0.25, 0.3) is 0 Å². The molecule has 0 aromatic carbocycles. The molecule has 0 saturated heterocycles. The fraction of sp³-hybridized carbons (Fsp3) is 0.333. The van der Waals surface area contributed by atoms with Crippen LogP contribution < -0.4 is 5.32 Å². The van der Waals surface area contributed by atoms with Gasteiger partial charge in [0.05, 0.1) is 10.0 Å². The zero-order valence-corrected chi connectivity index (χ0v) is 10.2. The molecule has 3 nitrogen and oxygen atoms in total. The van der Waals surface area contributed by atoms with Gasteiger partial charge < -0.3 is 5.32 Å². The highest BCUT2D eigenvalue weighted by Gasteiger charge is 2.09. The van der Waals surface area contributed by atoms with Crippen LogP contribution >= 0.6 is 27.5 Å². The average Bonchev–Trinajstić information content (AvgIpc) is 2.08. The summed E-state index contributed by atoms with van der Waals surface area (Å²) in [6, 6.07) is 1.75. The van der Waals surface area contributed by atoms with Crippen LogP contribution in [0.1, 0.15) is 24.2 Å². The quantitative estimate of drug-likeness (QED) is 0.845. The lowest BCUT2D eigenvalue weighted by atomic mass is 10.2. The highest BCUT2D eigenvalue weighted by molar-refractivity contribution is 9.10. The molecule has 76 valence electrons. The topological polar surface area (TPSA) is 42.0 Å². The van der Waals surface area contributed by atoms with Crippen LogP contribution in [0.3, 0.4) is 0 Å². The number of halogens is 2. The first kappa shape index (κ1) is 11.5. The second-order valence-corrected chi connectivity index (χ2v) is 4.34. The Morgan fingerprint density at radius 1 is 1.64 bits per heavy atom. The van der Waals surface area contributed by atoms with Gasteiger partial charge in [-0.25, -0.2) is 4.98 Å². The Morgan fingerprint density at radius 2 is 2.29 bits per heavy atom. The van der Waals surface area contributed by atoms with Crippen molar-refractivity contribution in [2.75, 3.05) is 0 Å². The molecule has 0 spiro atoms. The standard InChI is InChI=1S/C9H10BrClN2O/c1-5(2)13-9(14)6-3-7(10)8(11)12-4-6/h3-5H,1-2H3,(H,13,14). The highest BCUT2D eigenvalue weighted by Crippen LogP contribution is 2.20. The number of hydrogen-bond donors (Lipinski definition) is 1. The molecule has 1 aromatic heterocycles. The molecule has 0 fully saturated rings. The van der Waals surface area contributed by atoms with Gasteiger partial charge >= 0.3 is 0 Å². The van der Waals surface area contributed by atoms with E-state index in [1.54, 1.807) is 6.07 Å². The molecule has 0 aliphatic heterocycles. The van der Waals surface area contributed by atoms with E-state index in [1.165, 1.54) is 6.20 Å². The first-order valence-electron chi connectivity index (χ1n) is 4.12. The number of nitrogens with one attached hydrogen (secondary N) is 1. The summed E-state index contributed by atoms with van der Waals surface area (Å²) in [5.74, 6) is -0.148. The van der Waals surface area contributed by atoms with Crippen molar-refractivity contribution < 1.29 is 4.79 Å². The van der Waals surface area contributed by atoms with Gasteiger partial charge in [0.2, 0.25) is 0 Å². The lowest BCUT2D eigenvalue weighted by molar-refractivity contribution is 0.0942. The molecule has 5 heteroatoms. The van der Waals surface area contributed by atoms with Crippen LogP contribution in [0.15, 0.2) is 16.7 Å². The van der Waals surface area contributed by atoms with Gasteiger partial charge in [-0.05, 0) is 35.8 Å². The third-order valence-electron chi connectivity index (χ3n) is 1.48. The lowest BCUT2D eigenvalue weighted by Gasteiger charge is -2.08. The molecule has 1 N–H and O–H groups in total. The fourth-order valence-electron chi connectivity index (χ4n) is 0.891. The maximum absolute atomic E-state index is 11.5. The normalized spacial score (nSPS) is 10.4. The Kier molecular flexibility index (Phi) is 3.89. The van der Waals surface area contributed by atoms with Gasteiger partial charge in [-0.2, -0.15) is 0 Å². The van der Waals surface area contributed by atoms with E-state index in [9.17, 15) is 4.79 Å². The van der Waals surface area contributed by atoms with E-state index in [2.05, 4.69) is 26.2 Å². The van der Waals surface area contributed by atoms with Gasteiger partial charge in [0.15, 0.2) is 0 Å². The molecule has 14 heavy (non-hydrogen) atoms. The molecule has 0 bridgehead atoms. The summed E-state index contributed by atoms with van der Waals surface area (Å²) in [7, 11) is 0. The van der Waals surface area contributed by atoms with Crippen LogP contribution in [0.2, 0.25) is 5.15 Å². The monoisotopic (exact) mass is 276 g/mol. The Labute approximate surface area is 96.0 Å². The van der Waals surface area contributed by atoms with Gasteiger partial charge in [0.25, 0.3) is 5.91 Å². The summed E-state index contributed by atoms with van der Waals surface area (Å²) in [6.07, 6.45) is 1.45. The van der Waals surface area contributed by atoms with Crippen LogP contribution in [0, 0.1) is 0 Å². The molecule has 1 amide bonds. The summed E-state index contributed by atoms with van der Waals surface area (Å²) in [5, 5.41) is 3.12. The lowest BCUT2D eigenvalue weighted by Crippen LogP contribution is -2.30. The van der Waals surface area contributed by atoms with Crippen LogP contribution in [0.5, 0.6) is 0 Å². The Balaban J connectivity index is 2.86. The van der Waals surface area contributed by atoms with Crippen molar-refractivity contribution in [3.63, 3.8) is 0 Å². The van der Waals surface area contributed by atoms with Crippen molar-refractivity contribution >= 4 is 33.4 Å². The maximum Gasteiger partial charge on any atom is 0.253 e. The zero-order valence-electron chi connectivity index (χ0n) is 7.84. The van der Waals surface area contributed by atoms with Gasteiger partial charge in [0, 0.05) is 12.2 Å². The first-order chi connectivity index (χ1) is 6.50. The molecule has 1 aromatic rings. The second-order valence-electron chi connectivity index (χ2n) is 3.12. The zero-order chi connectivity index (χ0) is 10.7. The van der Waals surface area contributed by atoms with Crippen molar-refractivity contribution in [1.82, 2.24) is 10.3 Å². The van der Waals surface area contributed by atoms with E-state index in [0.29, 0.717) is 15.2 Å². The predicted molar refractivity (Wildman–Crippen MR) is 59.5 cm³/mol. The number of pyridine rings is 1. The second kappa shape index (κ2) is 4.75. The molecule has 0 atom stereocenters. The van der Waals surface area contributed by atoms with Crippen molar-refractivity contribution in [1.29, 1.82) is 0 Å². The minimum Gasteiger partial charge on any atom is -0.350 e. The largest absolute Gasteiger partial charge is 0.350 e. The predicted octanol–water partition coefficient (Wildman–Crippen LogP) is 2.64. The Morgan fingerprint density at radius 3 is 2.79 bits per heavy atom. The third kappa shape index (κ3) is 2.96. The van der Waals surface area contributed by atoms with Crippen LogP contribution in [0.4, 0.5) is 0 Å². The first-order valence-corrected chi connectivity index (χ1v) is 5.29. The molecule has 0 aliphatic rings. The van der Waals surface area contributed by atoms with E-state index in [0.717, 1.165) is 0 Å². The number of nitrogens with zero attached hydrogens (tertiary/aromatic N) is 1. The van der Waals surface area contributed by atoms with E-state index >= 15 is 0 Å². The Bertz CT molecular complexity index is 355. The number of carbonyl (C=O) groups excluding carboxylic acids is 1. The summed E-state index contributed by atoms with van der Waals surface area (Å²) in [6.45, 7) is 3.80. The highest BCUT2D eigenvalue weighted by atomic mass is 79.9. The number of aromatic nitrogens is 1. The van der Waals surface area contributed by atoms with Crippen molar-refractivity contribution in [3.05, 3.63) is 27.5 Å². The van der Waals surface area contributed by atoms with Crippen molar-refractivity contribution in [2.45, 2.75) is 19.9 Å². The molecular formula is C9H10BrClN2O. The van der Waals surface area contributed by atoms with Gasteiger partial charge in [-0.3, -0.25) is 4.79 Å². The maximum atomic E-state index is 11.5. The number of amides is 1. The van der Waals surface area contributed by atoms with E-state index in [-0.39, 0.29) is 11.9 Å². The summed E-state index contributed by atoms with van der Waals surface area (Å²) >= 11 is 8.91. The minimum atomic E-state index is -0.148. The number of hydrogen-bond acceptors (Lipinski definition) is 2. The number of carbonyl (C=O) groups is 1. The van der Waals surface area contributed by atoms with Crippen molar-refractivity contribution in [3.8, 4) is 0 Å². The van der Waals surface area contributed by atoms with E-state index < -0.39 is 0 Å². The third-order valence-corrected chi connectivity index (χ3v) is 2.61. The molecule has 1 heterocycles. The van der Waals surface area contributed by atoms with Crippen molar-refractivity contribution in [2.24, 2.45) is 0 Å². The Hall–Kier alpha value is -0.610. The van der Waals surface area contributed by atoms with Gasteiger partial charge in [-0.15, -0.1) is 0 Å². The molecule has 0 aliphatic carbocycles. The summed E-state index contributed by atoms with van der Waals surface area (Å²) in [4.78, 5) is 15.4.